The molecule has 100 valence electrons. The zero-order chi connectivity index (χ0) is 12.3. The Morgan fingerprint density at radius 1 is 1.18 bits per heavy atom. The molecule has 2 rings (SSSR count). The summed E-state index contributed by atoms with van der Waals surface area (Å²) in [6.07, 6.45) is 6.74. The van der Waals surface area contributed by atoms with E-state index in [0.29, 0.717) is 11.8 Å². The Bertz CT molecular complexity index is 232. The molecular formula is C14H27NO2. The summed E-state index contributed by atoms with van der Waals surface area (Å²) in [7, 11) is 0. The van der Waals surface area contributed by atoms with E-state index in [1.54, 1.807) is 0 Å². The molecule has 0 spiro atoms. The molecule has 1 saturated heterocycles. The van der Waals surface area contributed by atoms with Gasteiger partial charge in [0, 0.05) is 13.1 Å². The number of aliphatic hydroxyl groups excluding tert-OH is 2. The lowest BCUT2D eigenvalue weighted by atomic mass is 9.97. The van der Waals surface area contributed by atoms with Crippen molar-refractivity contribution in [2.75, 3.05) is 19.6 Å². The molecule has 3 heteroatoms. The third-order valence-corrected chi connectivity index (χ3v) is 4.60. The Morgan fingerprint density at radius 2 is 1.94 bits per heavy atom. The summed E-state index contributed by atoms with van der Waals surface area (Å²) in [5, 5.41) is 19.7. The topological polar surface area (TPSA) is 43.7 Å². The number of likely N-dealkylation sites (tertiary alicyclic amines) is 1. The molecule has 2 fully saturated rings. The SMILES string of the molecule is CC(O)C1CCN(CC2CCCCCC2O)C1. The number of aliphatic hydroxyl groups is 2. The quantitative estimate of drug-likeness (QED) is 0.738. The molecule has 0 bridgehead atoms. The molecule has 0 amide bonds. The molecule has 4 atom stereocenters. The van der Waals surface area contributed by atoms with E-state index in [1.165, 1.54) is 25.7 Å². The second-order valence-corrected chi connectivity index (χ2v) is 6.01. The number of hydrogen-bond acceptors (Lipinski definition) is 3. The fraction of sp³-hybridized carbons (Fsp3) is 1.00. The molecular weight excluding hydrogens is 214 g/mol. The summed E-state index contributed by atoms with van der Waals surface area (Å²) in [4.78, 5) is 2.44. The fourth-order valence-corrected chi connectivity index (χ4v) is 3.33. The van der Waals surface area contributed by atoms with Crippen molar-refractivity contribution >= 4 is 0 Å². The lowest BCUT2D eigenvalue weighted by molar-refractivity contribution is 0.0743. The van der Waals surface area contributed by atoms with E-state index in [4.69, 9.17) is 0 Å². The van der Waals surface area contributed by atoms with Gasteiger partial charge in [0.05, 0.1) is 12.2 Å². The van der Waals surface area contributed by atoms with Crippen LogP contribution < -0.4 is 0 Å². The van der Waals surface area contributed by atoms with E-state index in [2.05, 4.69) is 4.90 Å². The van der Waals surface area contributed by atoms with Crippen molar-refractivity contribution in [2.45, 2.75) is 57.7 Å². The van der Waals surface area contributed by atoms with E-state index in [-0.39, 0.29) is 12.2 Å². The summed E-state index contributed by atoms with van der Waals surface area (Å²) in [6, 6.07) is 0. The first-order valence-electron chi connectivity index (χ1n) is 7.25. The summed E-state index contributed by atoms with van der Waals surface area (Å²) in [6.45, 7) is 5.04. The van der Waals surface area contributed by atoms with E-state index >= 15 is 0 Å². The highest BCUT2D eigenvalue weighted by molar-refractivity contribution is 4.83. The van der Waals surface area contributed by atoms with Gasteiger partial charge < -0.3 is 15.1 Å². The van der Waals surface area contributed by atoms with Gasteiger partial charge >= 0.3 is 0 Å². The molecule has 0 aromatic heterocycles. The van der Waals surface area contributed by atoms with Crippen molar-refractivity contribution in [3.8, 4) is 0 Å². The second kappa shape index (κ2) is 6.17. The minimum Gasteiger partial charge on any atom is -0.393 e. The second-order valence-electron chi connectivity index (χ2n) is 6.01. The minimum absolute atomic E-state index is 0.0944. The first kappa shape index (κ1) is 13.3. The lowest BCUT2D eigenvalue weighted by Gasteiger charge is -2.26. The molecule has 2 aliphatic rings. The molecule has 1 saturated carbocycles. The van der Waals surface area contributed by atoms with E-state index in [9.17, 15) is 10.2 Å². The van der Waals surface area contributed by atoms with Crippen molar-refractivity contribution in [2.24, 2.45) is 11.8 Å². The van der Waals surface area contributed by atoms with Gasteiger partial charge in [-0.1, -0.05) is 19.3 Å². The van der Waals surface area contributed by atoms with Gasteiger partial charge in [-0.15, -0.1) is 0 Å². The van der Waals surface area contributed by atoms with Crippen LogP contribution >= 0.6 is 0 Å². The maximum Gasteiger partial charge on any atom is 0.0580 e. The van der Waals surface area contributed by atoms with Gasteiger partial charge in [0.25, 0.3) is 0 Å². The molecule has 2 N–H and O–H groups in total. The Hall–Kier alpha value is -0.120. The van der Waals surface area contributed by atoms with Crippen molar-refractivity contribution in [3.05, 3.63) is 0 Å². The smallest absolute Gasteiger partial charge is 0.0580 e. The normalized spacial score (nSPS) is 37.9. The first-order chi connectivity index (χ1) is 8.16. The van der Waals surface area contributed by atoms with Crippen LogP contribution in [0, 0.1) is 11.8 Å². The van der Waals surface area contributed by atoms with Gasteiger partial charge in [0.1, 0.15) is 0 Å². The van der Waals surface area contributed by atoms with Crippen molar-refractivity contribution in [1.82, 2.24) is 4.90 Å². The minimum atomic E-state index is -0.181. The van der Waals surface area contributed by atoms with E-state index in [1.807, 2.05) is 6.92 Å². The molecule has 3 nitrogen and oxygen atoms in total. The highest BCUT2D eigenvalue weighted by Gasteiger charge is 2.30. The summed E-state index contributed by atoms with van der Waals surface area (Å²) in [5.41, 5.74) is 0. The van der Waals surface area contributed by atoms with Gasteiger partial charge in [-0.2, -0.15) is 0 Å². The highest BCUT2D eigenvalue weighted by Crippen LogP contribution is 2.27. The van der Waals surface area contributed by atoms with Crippen LogP contribution in [0.5, 0.6) is 0 Å². The predicted octanol–water partition coefficient (Wildman–Crippen LogP) is 1.63. The largest absolute Gasteiger partial charge is 0.393 e. The van der Waals surface area contributed by atoms with Crippen LogP contribution in [0.2, 0.25) is 0 Å². The van der Waals surface area contributed by atoms with E-state index in [0.717, 1.165) is 32.5 Å². The van der Waals surface area contributed by atoms with Crippen LogP contribution in [-0.2, 0) is 0 Å². The standard InChI is InChI=1S/C14H27NO2/c1-11(16)12-7-8-15(9-12)10-13-5-3-2-4-6-14(13)17/h11-14,16-17H,2-10H2,1H3. The average Bonchev–Trinajstić information content (AvgIpc) is 2.66. The van der Waals surface area contributed by atoms with Gasteiger partial charge in [0.2, 0.25) is 0 Å². The van der Waals surface area contributed by atoms with E-state index < -0.39 is 0 Å². The van der Waals surface area contributed by atoms with Crippen LogP contribution in [0.3, 0.4) is 0 Å². The highest BCUT2D eigenvalue weighted by atomic mass is 16.3. The predicted molar refractivity (Wildman–Crippen MR) is 68.8 cm³/mol. The average molecular weight is 241 g/mol. The molecule has 1 aliphatic heterocycles. The molecule has 17 heavy (non-hydrogen) atoms. The Labute approximate surface area is 105 Å². The fourth-order valence-electron chi connectivity index (χ4n) is 3.33. The lowest BCUT2D eigenvalue weighted by Crippen LogP contribution is -2.34. The zero-order valence-corrected chi connectivity index (χ0v) is 11.0. The van der Waals surface area contributed by atoms with Crippen LogP contribution in [0.15, 0.2) is 0 Å². The van der Waals surface area contributed by atoms with Gasteiger partial charge in [-0.05, 0) is 44.6 Å². The number of rotatable bonds is 3. The first-order valence-corrected chi connectivity index (χ1v) is 7.25. The Morgan fingerprint density at radius 3 is 2.65 bits per heavy atom. The van der Waals surface area contributed by atoms with Crippen molar-refractivity contribution < 1.29 is 10.2 Å². The Kier molecular flexibility index (Phi) is 4.83. The molecule has 4 unspecified atom stereocenters. The Balaban J connectivity index is 1.80. The summed E-state index contributed by atoms with van der Waals surface area (Å²) in [5.74, 6) is 0.906. The van der Waals surface area contributed by atoms with Gasteiger partial charge in [0.15, 0.2) is 0 Å². The molecule has 1 aliphatic carbocycles. The number of hydrogen-bond donors (Lipinski definition) is 2. The van der Waals surface area contributed by atoms with Gasteiger partial charge in [-0.3, -0.25) is 0 Å². The van der Waals surface area contributed by atoms with Crippen LogP contribution in [0.4, 0.5) is 0 Å². The third kappa shape index (κ3) is 3.67. The van der Waals surface area contributed by atoms with Crippen molar-refractivity contribution in [1.29, 1.82) is 0 Å². The molecule has 0 aromatic carbocycles. The molecule has 0 aromatic rings. The zero-order valence-electron chi connectivity index (χ0n) is 11.0. The number of nitrogens with zero attached hydrogens (tertiary/aromatic N) is 1. The monoisotopic (exact) mass is 241 g/mol. The molecule has 0 radical (unpaired) electrons. The van der Waals surface area contributed by atoms with Crippen LogP contribution in [0.1, 0.15) is 45.4 Å². The van der Waals surface area contributed by atoms with Crippen LogP contribution in [0.25, 0.3) is 0 Å². The third-order valence-electron chi connectivity index (χ3n) is 4.60. The maximum atomic E-state index is 10.1. The maximum absolute atomic E-state index is 10.1. The summed E-state index contributed by atoms with van der Waals surface area (Å²) < 4.78 is 0. The van der Waals surface area contributed by atoms with Crippen molar-refractivity contribution in [3.63, 3.8) is 0 Å². The van der Waals surface area contributed by atoms with Crippen LogP contribution in [-0.4, -0.2) is 47.0 Å². The van der Waals surface area contributed by atoms with Gasteiger partial charge in [-0.25, -0.2) is 0 Å². The molecule has 1 heterocycles. The summed E-state index contributed by atoms with van der Waals surface area (Å²) >= 11 is 0.